The van der Waals surface area contributed by atoms with Crippen LogP contribution in [0.2, 0.25) is 0 Å². The highest BCUT2D eigenvalue weighted by atomic mass is 16.5. The fourth-order valence-corrected chi connectivity index (χ4v) is 4.09. The number of likely N-dealkylation sites (tertiary alicyclic amines) is 1. The number of nitrogens with zero attached hydrogens (tertiary/aromatic N) is 1. The Hall–Kier alpha value is -2.86. The number of piperidine rings is 1. The molecule has 0 aliphatic carbocycles. The van der Waals surface area contributed by atoms with Gasteiger partial charge in [-0.2, -0.15) is 0 Å². The van der Waals surface area contributed by atoms with Crippen LogP contribution in [0.3, 0.4) is 0 Å². The van der Waals surface area contributed by atoms with Crippen LogP contribution in [0.25, 0.3) is 0 Å². The highest BCUT2D eigenvalue weighted by molar-refractivity contribution is 5.94. The summed E-state index contributed by atoms with van der Waals surface area (Å²) in [5.74, 6) is 1.37. The highest BCUT2D eigenvalue weighted by Crippen LogP contribution is 2.26. The zero-order valence-corrected chi connectivity index (χ0v) is 18.2. The first-order valence-electron chi connectivity index (χ1n) is 11.2. The molecule has 6 nitrogen and oxygen atoms in total. The van der Waals surface area contributed by atoms with Gasteiger partial charge in [0.25, 0.3) is 5.91 Å². The van der Waals surface area contributed by atoms with Gasteiger partial charge in [0.2, 0.25) is 5.91 Å². The molecule has 2 N–H and O–H groups in total. The quantitative estimate of drug-likeness (QED) is 0.718. The van der Waals surface area contributed by atoms with Gasteiger partial charge in [0.15, 0.2) is 6.61 Å². The molecule has 0 atom stereocenters. The third kappa shape index (κ3) is 6.07. The number of anilines is 1. The van der Waals surface area contributed by atoms with Crippen molar-refractivity contribution in [3.05, 3.63) is 59.2 Å². The lowest BCUT2D eigenvalue weighted by atomic mass is 9.99. The van der Waals surface area contributed by atoms with Crippen LogP contribution in [0.4, 0.5) is 5.69 Å². The van der Waals surface area contributed by atoms with E-state index in [1.165, 1.54) is 31.5 Å². The smallest absolute Gasteiger partial charge is 0.258 e. The monoisotopic (exact) mass is 421 g/mol. The summed E-state index contributed by atoms with van der Waals surface area (Å²) in [5, 5.41) is 5.75. The Morgan fingerprint density at radius 1 is 1.10 bits per heavy atom. The lowest BCUT2D eigenvalue weighted by Gasteiger charge is -2.30. The van der Waals surface area contributed by atoms with E-state index in [1.54, 1.807) is 6.07 Å². The first-order valence-corrected chi connectivity index (χ1v) is 11.2. The molecule has 0 unspecified atom stereocenters. The molecule has 164 valence electrons. The fourth-order valence-electron chi connectivity index (χ4n) is 4.09. The van der Waals surface area contributed by atoms with Crippen LogP contribution in [0.15, 0.2) is 42.5 Å². The minimum absolute atomic E-state index is 0.0311. The van der Waals surface area contributed by atoms with Crippen molar-refractivity contribution in [1.82, 2.24) is 10.2 Å². The zero-order chi connectivity index (χ0) is 21.6. The van der Waals surface area contributed by atoms with Gasteiger partial charge in [-0.25, -0.2) is 0 Å². The van der Waals surface area contributed by atoms with Gasteiger partial charge in [0, 0.05) is 25.2 Å². The number of carbonyl (C=O) groups is 2. The average molecular weight is 422 g/mol. The third-order valence-corrected chi connectivity index (χ3v) is 6.14. The first-order chi connectivity index (χ1) is 15.0. The Balaban J connectivity index is 1.20. The molecule has 31 heavy (non-hydrogen) atoms. The number of rotatable bonds is 7. The zero-order valence-electron chi connectivity index (χ0n) is 18.2. The van der Waals surface area contributed by atoms with Gasteiger partial charge >= 0.3 is 0 Å². The number of hydrogen-bond donors (Lipinski definition) is 2. The third-order valence-electron chi connectivity index (χ3n) is 6.14. The Morgan fingerprint density at radius 3 is 2.61 bits per heavy atom. The largest absolute Gasteiger partial charge is 0.484 e. The van der Waals surface area contributed by atoms with Crippen molar-refractivity contribution < 1.29 is 14.3 Å². The van der Waals surface area contributed by atoms with E-state index in [9.17, 15) is 9.59 Å². The van der Waals surface area contributed by atoms with Gasteiger partial charge in [-0.15, -0.1) is 0 Å². The van der Waals surface area contributed by atoms with Crippen molar-refractivity contribution in [3.63, 3.8) is 0 Å². The minimum Gasteiger partial charge on any atom is -0.484 e. The summed E-state index contributed by atoms with van der Waals surface area (Å²) in [6.45, 7) is 6.14. The van der Waals surface area contributed by atoms with Crippen molar-refractivity contribution in [3.8, 4) is 5.75 Å². The molecular weight excluding hydrogens is 390 g/mol. The van der Waals surface area contributed by atoms with E-state index in [1.807, 2.05) is 12.1 Å². The molecule has 4 rings (SSSR count). The summed E-state index contributed by atoms with van der Waals surface area (Å²) in [4.78, 5) is 26.1. The predicted molar refractivity (Wildman–Crippen MR) is 121 cm³/mol. The van der Waals surface area contributed by atoms with Crippen LogP contribution in [-0.4, -0.2) is 36.4 Å². The lowest BCUT2D eigenvalue weighted by molar-refractivity contribution is -0.123. The molecule has 2 aromatic carbocycles. The number of ether oxygens (including phenoxy) is 1. The van der Waals surface area contributed by atoms with E-state index in [2.05, 4.69) is 46.7 Å². The summed E-state index contributed by atoms with van der Waals surface area (Å²) < 4.78 is 5.63. The molecule has 0 radical (unpaired) electrons. The molecule has 1 saturated heterocycles. The molecule has 2 aliphatic rings. The maximum atomic E-state index is 12.2. The second-order valence-corrected chi connectivity index (χ2v) is 8.71. The Morgan fingerprint density at radius 2 is 1.84 bits per heavy atom. The number of amides is 2. The van der Waals surface area contributed by atoms with Gasteiger partial charge in [-0.1, -0.05) is 31.2 Å². The highest BCUT2D eigenvalue weighted by Gasteiger charge is 2.16. The van der Waals surface area contributed by atoms with E-state index in [0.717, 1.165) is 29.3 Å². The van der Waals surface area contributed by atoms with Gasteiger partial charge in [0.1, 0.15) is 5.75 Å². The van der Waals surface area contributed by atoms with E-state index in [0.29, 0.717) is 25.1 Å². The van der Waals surface area contributed by atoms with Gasteiger partial charge in [-0.05, 0) is 73.2 Å². The number of aryl methyl sites for hydroxylation is 1. The van der Waals surface area contributed by atoms with Crippen LogP contribution in [0.5, 0.6) is 5.75 Å². The van der Waals surface area contributed by atoms with Crippen molar-refractivity contribution in [2.45, 2.75) is 45.7 Å². The fraction of sp³-hybridized carbons (Fsp3) is 0.440. The second-order valence-electron chi connectivity index (χ2n) is 8.71. The van der Waals surface area contributed by atoms with Crippen LogP contribution in [0, 0.1) is 5.92 Å². The molecule has 0 aromatic heterocycles. The van der Waals surface area contributed by atoms with Gasteiger partial charge < -0.3 is 15.4 Å². The number of benzene rings is 2. The molecule has 1 fully saturated rings. The summed E-state index contributed by atoms with van der Waals surface area (Å²) in [6.07, 6.45) is 3.74. The molecule has 0 bridgehead atoms. The number of fused-ring (bicyclic) bond motifs is 1. The van der Waals surface area contributed by atoms with Crippen molar-refractivity contribution in [1.29, 1.82) is 0 Å². The molecule has 2 aliphatic heterocycles. The molecular formula is C25H31N3O3. The average Bonchev–Trinajstić information content (AvgIpc) is 2.78. The van der Waals surface area contributed by atoms with Crippen molar-refractivity contribution in [2.24, 2.45) is 5.92 Å². The SMILES string of the molecule is CC1CCN(Cc2ccc(CNC(=O)COc3ccc4c(c3)CCC(=O)N4)cc2)CC1. The Kier molecular flexibility index (Phi) is 6.87. The van der Waals surface area contributed by atoms with Crippen LogP contribution in [-0.2, 0) is 29.1 Å². The van der Waals surface area contributed by atoms with E-state index in [4.69, 9.17) is 4.74 Å². The molecule has 2 aromatic rings. The minimum atomic E-state index is -0.155. The molecule has 2 amide bonds. The number of nitrogens with one attached hydrogen (secondary N) is 2. The van der Waals surface area contributed by atoms with Crippen LogP contribution in [0.1, 0.15) is 42.9 Å². The van der Waals surface area contributed by atoms with Gasteiger partial charge in [-0.3, -0.25) is 14.5 Å². The van der Waals surface area contributed by atoms with E-state index < -0.39 is 0 Å². The molecule has 0 saturated carbocycles. The summed E-state index contributed by atoms with van der Waals surface area (Å²) in [6, 6.07) is 14.0. The van der Waals surface area contributed by atoms with Crippen LogP contribution >= 0.6 is 0 Å². The first kappa shape index (κ1) is 21.4. The summed E-state index contributed by atoms with van der Waals surface area (Å²) in [7, 11) is 0. The predicted octanol–water partition coefficient (Wildman–Crippen LogP) is 3.50. The van der Waals surface area contributed by atoms with Crippen LogP contribution < -0.4 is 15.4 Å². The molecule has 6 heteroatoms. The number of carbonyl (C=O) groups excluding carboxylic acids is 2. The Bertz CT molecular complexity index is 918. The lowest BCUT2D eigenvalue weighted by Crippen LogP contribution is -2.32. The topological polar surface area (TPSA) is 70.7 Å². The maximum Gasteiger partial charge on any atom is 0.258 e. The second kappa shape index (κ2) is 9.96. The van der Waals surface area contributed by atoms with E-state index in [-0.39, 0.29) is 18.4 Å². The number of hydrogen-bond acceptors (Lipinski definition) is 4. The Labute approximate surface area is 184 Å². The van der Waals surface area contributed by atoms with Crippen molar-refractivity contribution >= 4 is 17.5 Å². The van der Waals surface area contributed by atoms with Gasteiger partial charge in [0.05, 0.1) is 0 Å². The summed E-state index contributed by atoms with van der Waals surface area (Å²) >= 11 is 0. The van der Waals surface area contributed by atoms with Crippen molar-refractivity contribution in [2.75, 3.05) is 25.0 Å². The summed E-state index contributed by atoms with van der Waals surface area (Å²) in [5.41, 5.74) is 4.26. The van der Waals surface area contributed by atoms with E-state index >= 15 is 0 Å². The standard InChI is InChI=1S/C25H31N3O3/c1-18-10-12-28(13-11-18)16-20-4-2-19(3-5-20)15-26-25(30)17-31-22-7-8-23-21(14-22)6-9-24(29)27-23/h2-5,7-8,14,18H,6,9-13,15-17H2,1H3,(H,26,30)(H,27,29). The molecule has 0 spiro atoms. The normalized spacial score (nSPS) is 17.0. The maximum absolute atomic E-state index is 12.2. The molecule has 2 heterocycles.